The highest BCUT2D eigenvalue weighted by molar-refractivity contribution is 5.37. The fourth-order valence-corrected chi connectivity index (χ4v) is 1.53. The summed E-state index contributed by atoms with van der Waals surface area (Å²) in [6, 6.07) is 0.390. The van der Waals surface area contributed by atoms with Crippen molar-refractivity contribution >= 4 is 11.9 Å². The molecule has 0 saturated heterocycles. The van der Waals surface area contributed by atoms with Crippen molar-refractivity contribution in [3.05, 3.63) is 0 Å². The van der Waals surface area contributed by atoms with E-state index in [4.69, 9.17) is 4.74 Å². The Morgan fingerprint density at radius 2 is 1.89 bits per heavy atom. The molecule has 6 nitrogen and oxygen atoms in total. The summed E-state index contributed by atoms with van der Waals surface area (Å²) >= 11 is 0. The summed E-state index contributed by atoms with van der Waals surface area (Å²) in [5.41, 5.74) is 0. The van der Waals surface area contributed by atoms with Gasteiger partial charge in [0.15, 0.2) is 0 Å². The lowest BCUT2D eigenvalue weighted by Gasteiger charge is -2.20. The molecule has 0 atom stereocenters. The molecular weight excluding hydrogens is 230 g/mol. The topological polar surface area (TPSA) is 63.2 Å². The molecule has 0 aromatic carbocycles. The second kappa shape index (κ2) is 7.68. The molecule has 0 unspecified atom stereocenters. The summed E-state index contributed by atoms with van der Waals surface area (Å²) in [5.74, 6) is 1.21. The summed E-state index contributed by atoms with van der Waals surface area (Å²) in [5, 5.41) is 2.94. The van der Waals surface area contributed by atoms with Crippen LogP contribution >= 0.6 is 0 Å². The Labute approximate surface area is 109 Å². The lowest BCUT2D eigenvalue weighted by molar-refractivity contribution is 0.292. The van der Waals surface area contributed by atoms with Gasteiger partial charge in [0.2, 0.25) is 11.9 Å². The van der Waals surface area contributed by atoms with Crippen LogP contribution in [0.4, 0.5) is 11.9 Å². The number of hydrogen-bond acceptors (Lipinski definition) is 6. The third-order valence-electron chi connectivity index (χ3n) is 2.42. The first-order valence-electron chi connectivity index (χ1n) is 6.56. The highest BCUT2D eigenvalue weighted by Gasteiger charge is 2.11. The molecule has 1 rings (SSSR count). The van der Waals surface area contributed by atoms with Gasteiger partial charge in [0.05, 0.1) is 6.61 Å². The fraction of sp³-hybridized carbons (Fsp3) is 0.750. The average Bonchev–Trinajstić information content (AvgIpc) is 2.42. The van der Waals surface area contributed by atoms with Crippen LogP contribution in [0, 0.1) is 0 Å². The molecule has 0 spiro atoms. The summed E-state index contributed by atoms with van der Waals surface area (Å²) in [6.07, 6.45) is 1.99. The second-order valence-electron chi connectivity index (χ2n) is 3.92. The maximum atomic E-state index is 5.48. The van der Waals surface area contributed by atoms with Crippen molar-refractivity contribution in [3.63, 3.8) is 0 Å². The van der Waals surface area contributed by atoms with Crippen molar-refractivity contribution in [2.75, 3.05) is 37.0 Å². The molecule has 1 aromatic heterocycles. The summed E-state index contributed by atoms with van der Waals surface area (Å²) in [4.78, 5) is 15.0. The Balaban J connectivity index is 2.94. The molecule has 18 heavy (non-hydrogen) atoms. The number of ether oxygens (including phenoxy) is 1. The quantitative estimate of drug-likeness (QED) is 0.764. The molecule has 6 heteroatoms. The van der Waals surface area contributed by atoms with E-state index in [0.717, 1.165) is 25.9 Å². The molecule has 0 aliphatic carbocycles. The van der Waals surface area contributed by atoms with E-state index in [1.807, 2.05) is 0 Å². The summed E-state index contributed by atoms with van der Waals surface area (Å²) in [6.45, 7) is 8.69. The molecule has 0 bridgehead atoms. The van der Waals surface area contributed by atoms with Gasteiger partial charge in [0.25, 0.3) is 0 Å². The zero-order valence-electron chi connectivity index (χ0n) is 11.7. The maximum Gasteiger partial charge on any atom is 0.323 e. The first kappa shape index (κ1) is 14.5. The molecule has 0 radical (unpaired) electrons. The van der Waals surface area contributed by atoms with Crippen molar-refractivity contribution in [3.8, 4) is 6.01 Å². The van der Waals surface area contributed by atoms with Crippen LogP contribution in [0.15, 0.2) is 0 Å². The Morgan fingerprint density at radius 1 is 1.11 bits per heavy atom. The van der Waals surface area contributed by atoms with E-state index in [9.17, 15) is 0 Å². The van der Waals surface area contributed by atoms with Crippen molar-refractivity contribution in [2.24, 2.45) is 0 Å². The van der Waals surface area contributed by atoms with Crippen LogP contribution in [0.5, 0.6) is 6.01 Å². The normalized spacial score (nSPS) is 10.2. The van der Waals surface area contributed by atoms with Crippen LogP contribution < -0.4 is 15.0 Å². The minimum absolute atomic E-state index is 0.390. The SMILES string of the molecule is CCCOc1nc(NC)nc(N(CC)CCC)n1. The van der Waals surface area contributed by atoms with Crippen molar-refractivity contribution in [1.82, 2.24) is 15.0 Å². The molecule has 0 aliphatic heterocycles. The van der Waals surface area contributed by atoms with Gasteiger partial charge in [-0.2, -0.15) is 15.0 Å². The van der Waals surface area contributed by atoms with E-state index in [1.165, 1.54) is 0 Å². The largest absolute Gasteiger partial charge is 0.463 e. The number of nitrogens with zero attached hydrogens (tertiary/aromatic N) is 4. The van der Waals surface area contributed by atoms with Crippen LogP contribution in [-0.2, 0) is 0 Å². The predicted molar refractivity (Wildman–Crippen MR) is 73.3 cm³/mol. The zero-order valence-corrected chi connectivity index (χ0v) is 11.7. The third kappa shape index (κ3) is 4.01. The van der Waals surface area contributed by atoms with E-state index in [2.05, 4.69) is 45.9 Å². The van der Waals surface area contributed by atoms with E-state index >= 15 is 0 Å². The van der Waals surface area contributed by atoms with E-state index in [0.29, 0.717) is 24.5 Å². The third-order valence-corrected chi connectivity index (χ3v) is 2.42. The molecular formula is C12H23N5O. The smallest absolute Gasteiger partial charge is 0.323 e. The molecule has 0 amide bonds. The molecule has 102 valence electrons. The van der Waals surface area contributed by atoms with Crippen LogP contribution in [0.1, 0.15) is 33.6 Å². The van der Waals surface area contributed by atoms with Gasteiger partial charge in [-0.1, -0.05) is 13.8 Å². The molecule has 0 fully saturated rings. The van der Waals surface area contributed by atoms with Crippen molar-refractivity contribution in [1.29, 1.82) is 0 Å². The minimum Gasteiger partial charge on any atom is -0.463 e. The Kier molecular flexibility index (Phi) is 6.18. The lowest BCUT2D eigenvalue weighted by Crippen LogP contribution is -2.26. The van der Waals surface area contributed by atoms with Gasteiger partial charge in [0.1, 0.15) is 0 Å². The number of anilines is 2. The van der Waals surface area contributed by atoms with Crippen LogP contribution in [0.2, 0.25) is 0 Å². The molecule has 0 saturated carbocycles. The lowest BCUT2D eigenvalue weighted by atomic mass is 10.4. The number of rotatable bonds is 8. The van der Waals surface area contributed by atoms with Crippen LogP contribution in [-0.4, -0.2) is 41.7 Å². The van der Waals surface area contributed by atoms with Gasteiger partial charge in [-0.05, 0) is 19.8 Å². The Hall–Kier alpha value is -1.59. The number of nitrogens with one attached hydrogen (secondary N) is 1. The predicted octanol–water partition coefficient (Wildman–Crippen LogP) is 1.94. The molecule has 1 heterocycles. The summed E-state index contributed by atoms with van der Waals surface area (Å²) < 4.78 is 5.48. The van der Waals surface area contributed by atoms with E-state index in [1.54, 1.807) is 7.05 Å². The summed E-state index contributed by atoms with van der Waals surface area (Å²) in [7, 11) is 1.79. The number of hydrogen-bond donors (Lipinski definition) is 1. The van der Waals surface area contributed by atoms with Gasteiger partial charge in [-0.25, -0.2) is 0 Å². The van der Waals surface area contributed by atoms with Crippen molar-refractivity contribution in [2.45, 2.75) is 33.6 Å². The highest BCUT2D eigenvalue weighted by atomic mass is 16.5. The Morgan fingerprint density at radius 3 is 2.44 bits per heavy atom. The first-order valence-corrected chi connectivity index (χ1v) is 6.56. The van der Waals surface area contributed by atoms with Gasteiger partial charge >= 0.3 is 6.01 Å². The molecule has 1 aromatic rings. The van der Waals surface area contributed by atoms with Gasteiger partial charge in [-0.15, -0.1) is 0 Å². The Bertz CT molecular complexity index is 358. The molecule has 1 N–H and O–H groups in total. The van der Waals surface area contributed by atoms with Crippen LogP contribution in [0.25, 0.3) is 0 Å². The minimum atomic E-state index is 0.390. The zero-order chi connectivity index (χ0) is 13.4. The van der Waals surface area contributed by atoms with Crippen LogP contribution in [0.3, 0.4) is 0 Å². The monoisotopic (exact) mass is 253 g/mol. The van der Waals surface area contributed by atoms with E-state index in [-0.39, 0.29) is 0 Å². The fourth-order valence-electron chi connectivity index (χ4n) is 1.53. The molecule has 0 aliphatic rings. The van der Waals surface area contributed by atoms with Gasteiger partial charge in [-0.3, -0.25) is 0 Å². The first-order chi connectivity index (χ1) is 8.74. The highest BCUT2D eigenvalue weighted by Crippen LogP contribution is 2.15. The maximum absolute atomic E-state index is 5.48. The second-order valence-corrected chi connectivity index (χ2v) is 3.92. The number of aromatic nitrogens is 3. The van der Waals surface area contributed by atoms with Gasteiger partial charge < -0.3 is 15.0 Å². The van der Waals surface area contributed by atoms with Gasteiger partial charge in [0, 0.05) is 20.1 Å². The average molecular weight is 253 g/mol. The van der Waals surface area contributed by atoms with Crippen molar-refractivity contribution < 1.29 is 4.74 Å². The standard InChI is InChI=1S/C12H23N5O/c1-5-8-17(7-3)11-14-10(13-4)15-12(16-11)18-9-6-2/h5-9H2,1-4H3,(H,13,14,15,16). The van der Waals surface area contributed by atoms with E-state index < -0.39 is 0 Å².